The van der Waals surface area contributed by atoms with Crippen LogP contribution in [0.2, 0.25) is 0 Å². The highest BCUT2D eigenvalue weighted by molar-refractivity contribution is 5.01. The zero-order valence-corrected chi connectivity index (χ0v) is 10.7. The fourth-order valence-corrected chi connectivity index (χ4v) is 2.31. The minimum absolute atomic E-state index is 0.0580. The van der Waals surface area contributed by atoms with E-state index >= 15 is 0 Å². The van der Waals surface area contributed by atoms with Gasteiger partial charge in [-0.2, -0.15) is 0 Å². The maximum absolute atomic E-state index is 11.8. The summed E-state index contributed by atoms with van der Waals surface area (Å²) >= 11 is 0. The number of ether oxygens (including phenoxy) is 1. The van der Waals surface area contributed by atoms with Crippen LogP contribution in [0.15, 0.2) is 15.8 Å². The lowest BCUT2D eigenvalue weighted by Crippen LogP contribution is -2.41. The van der Waals surface area contributed by atoms with Gasteiger partial charge in [0, 0.05) is 30.9 Å². The van der Waals surface area contributed by atoms with Crippen molar-refractivity contribution in [1.29, 1.82) is 0 Å². The molecule has 19 heavy (non-hydrogen) atoms. The standard InChI is InChI=1S/C12H18N2O5/c1-7-3-14(12(18)13-11(7)17)10-2-8(4-15)9(5-16)6-19-10/h3,8-10,15-16H,2,4-6H2,1H3,(H,13,17,18). The molecule has 3 atom stereocenters. The number of hydrogen-bond donors (Lipinski definition) is 3. The van der Waals surface area contributed by atoms with E-state index in [0.29, 0.717) is 12.0 Å². The first-order valence-corrected chi connectivity index (χ1v) is 6.22. The van der Waals surface area contributed by atoms with Crippen molar-refractivity contribution in [3.63, 3.8) is 0 Å². The number of nitrogens with one attached hydrogen (secondary N) is 1. The average Bonchev–Trinajstić information content (AvgIpc) is 2.42. The van der Waals surface area contributed by atoms with Gasteiger partial charge < -0.3 is 14.9 Å². The molecule has 2 heterocycles. The summed E-state index contributed by atoms with van der Waals surface area (Å²) in [6, 6.07) is 0. The molecule has 1 fully saturated rings. The van der Waals surface area contributed by atoms with E-state index < -0.39 is 17.5 Å². The number of H-pyrrole nitrogens is 1. The Hall–Kier alpha value is -1.44. The van der Waals surface area contributed by atoms with Crippen LogP contribution in [0.1, 0.15) is 18.2 Å². The molecule has 1 aromatic rings. The monoisotopic (exact) mass is 270 g/mol. The highest BCUT2D eigenvalue weighted by Crippen LogP contribution is 2.30. The third-order valence-corrected chi connectivity index (χ3v) is 3.60. The van der Waals surface area contributed by atoms with Crippen molar-refractivity contribution in [1.82, 2.24) is 9.55 Å². The minimum Gasteiger partial charge on any atom is -0.396 e. The minimum atomic E-state index is -0.528. The van der Waals surface area contributed by atoms with E-state index in [4.69, 9.17) is 4.74 Å². The number of aliphatic hydroxyl groups is 2. The Morgan fingerprint density at radius 3 is 2.68 bits per heavy atom. The maximum atomic E-state index is 11.8. The summed E-state index contributed by atoms with van der Waals surface area (Å²) in [6.07, 6.45) is 1.36. The van der Waals surface area contributed by atoms with Crippen LogP contribution in [-0.4, -0.2) is 39.6 Å². The van der Waals surface area contributed by atoms with Crippen LogP contribution in [0.3, 0.4) is 0 Å². The van der Waals surface area contributed by atoms with Crippen LogP contribution in [-0.2, 0) is 4.74 Å². The first kappa shape index (κ1) is 14.0. The van der Waals surface area contributed by atoms with Crippen LogP contribution in [0, 0.1) is 18.8 Å². The average molecular weight is 270 g/mol. The molecule has 0 amide bonds. The lowest BCUT2D eigenvalue weighted by atomic mass is 9.88. The van der Waals surface area contributed by atoms with E-state index in [1.165, 1.54) is 10.8 Å². The Morgan fingerprint density at radius 1 is 1.37 bits per heavy atom. The predicted octanol–water partition coefficient (Wildman–Crippen LogP) is -1.02. The number of nitrogens with zero attached hydrogens (tertiary/aromatic N) is 1. The number of aromatic nitrogens is 2. The fourth-order valence-electron chi connectivity index (χ4n) is 2.31. The van der Waals surface area contributed by atoms with Gasteiger partial charge in [-0.1, -0.05) is 0 Å². The van der Waals surface area contributed by atoms with Crippen molar-refractivity contribution in [2.24, 2.45) is 11.8 Å². The van der Waals surface area contributed by atoms with Gasteiger partial charge in [0.2, 0.25) is 0 Å². The topological polar surface area (TPSA) is 105 Å². The summed E-state index contributed by atoms with van der Waals surface area (Å²) in [6.45, 7) is 1.76. The summed E-state index contributed by atoms with van der Waals surface area (Å²) in [5.41, 5.74) is -0.517. The second-order valence-corrected chi connectivity index (χ2v) is 4.89. The first-order valence-electron chi connectivity index (χ1n) is 6.22. The first-order chi connectivity index (χ1) is 9.06. The van der Waals surface area contributed by atoms with Crippen molar-refractivity contribution in [3.05, 3.63) is 32.6 Å². The highest BCUT2D eigenvalue weighted by Gasteiger charge is 2.31. The SMILES string of the molecule is Cc1cn(C2CC(CO)C(CO)CO2)c(=O)[nH]c1=O. The molecule has 1 aliphatic heterocycles. The summed E-state index contributed by atoms with van der Waals surface area (Å²) in [7, 11) is 0. The van der Waals surface area contributed by atoms with Crippen LogP contribution < -0.4 is 11.2 Å². The van der Waals surface area contributed by atoms with E-state index in [-0.39, 0.29) is 31.7 Å². The van der Waals surface area contributed by atoms with Crippen LogP contribution in [0.4, 0.5) is 0 Å². The van der Waals surface area contributed by atoms with E-state index in [1.807, 2.05) is 0 Å². The molecule has 7 heteroatoms. The van der Waals surface area contributed by atoms with E-state index in [2.05, 4.69) is 4.98 Å². The van der Waals surface area contributed by atoms with Gasteiger partial charge >= 0.3 is 5.69 Å². The molecule has 0 bridgehead atoms. The summed E-state index contributed by atoms with van der Waals surface area (Å²) < 4.78 is 6.87. The summed E-state index contributed by atoms with van der Waals surface area (Å²) in [5.74, 6) is -0.247. The van der Waals surface area contributed by atoms with Crippen molar-refractivity contribution in [2.75, 3.05) is 19.8 Å². The van der Waals surface area contributed by atoms with E-state index in [0.717, 1.165) is 0 Å². The Balaban J connectivity index is 2.26. The van der Waals surface area contributed by atoms with Crippen LogP contribution in [0.5, 0.6) is 0 Å². The van der Waals surface area contributed by atoms with Gasteiger partial charge in [0.15, 0.2) is 0 Å². The molecule has 0 aliphatic carbocycles. The van der Waals surface area contributed by atoms with Gasteiger partial charge in [-0.15, -0.1) is 0 Å². The van der Waals surface area contributed by atoms with Crippen molar-refractivity contribution >= 4 is 0 Å². The van der Waals surface area contributed by atoms with Gasteiger partial charge in [-0.25, -0.2) is 4.79 Å². The van der Waals surface area contributed by atoms with Gasteiger partial charge in [-0.3, -0.25) is 14.3 Å². The maximum Gasteiger partial charge on any atom is 0.330 e. The largest absolute Gasteiger partial charge is 0.396 e. The Kier molecular flexibility index (Phi) is 4.18. The number of aliphatic hydroxyl groups excluding tert-OH is 2. The molecule has 106 valence electrons. The number of hydrogen-bond acceptors (Lipinski definition) is 5. The number of aryl methyl sites for hydroxylation is 1. The zero-order valence-electron chi connectivity index (χ0n) is 10.7. The van der Waals surface area contributed by atoms with Crippen LogP contribution in [0.25, 0.3) is 0 Å². The summed E-state index contributed by atoms with van der Waals surface area (Å²) in [4.78, 5) is 25.3. The van der Waals surface area contributed by atoms with Gasteiger partial charge in [0.05, 0.1) is 6.61 Å². The second-order valence-electron chi connectivity index (χ2n) is 4.89. The molecule has 0 radical (unpaired) electrons. The third kappa shape index (κ3) is 2.78. The zero-order chi connectivity index (χ0) is 14.0. The molecule has 2 rings (SSSR count). The molecular formula is C12H18N2O5. The second kappa shape index (κ2) is 5.68. The van der Waals surface area contributed by atoms with Crippen molar-refractivity contribution < 1.29 is 14.9 Å². The Morgan fingerprint density at radius 2 is 2.05 bits per heavy atom. The lowest BCUT2D eigenvalue weighted by molar-refractivity contribution is -0.108. The smallest absolute Gasteiger partial charge is 0.330 e. The molecular weight excluding hydrogens is 252 g/mol. The highest BCUT2D eigenvalue weighted by atomic mass is 16.5. The quantitative estimate of drug-likeness (QED) is 0.652. The van der Waals surface area contributed by atoms with Gasteiger partial charge in [0.25, 0.3) is 5.56 Å². The normalized spacial score (nSPS) is 27.4. The molecule has 3 unspecified atom stereocenters. The molecule has 3 N–H and O–H groups in total. The van der Waals surface area contributed by atoms with Gasteiger partial charge in [-0.05, 0) is 19.3 Å². The predicted molar refractivity (Wildman–Crippen MR) is 66.8 cm³/mol. The fraction of sp³-hybridized carbons (Fsp3) is 0.667. The van der Waals surface area contributed by atoms with Gasteiger partial charge in [0.1, 0.15) is 6.23 Å². The van der Waals surface area contributed by atoms with E-state index in [9.17, 15) is 19.8 Å². The van der Waals surface area contributed by atoms with Crippen molar-refractivity contribution in [3.8, 4) is 0 Å². The molecule has 0 spiro atoms. The number of aromatic amines is 1. The summed E-state index contributed by atoms with van der Waals surface area (Å²) in [5, 5.41) is 18.5. The molecule has 1 saturated heterocycles. The Labute approximate surface area is 109 Å². The van der Waals surface area contributed by atoms with E-state index in [1.54, 1.807) is 6.92 Å². The molecule has 1 aromatic heterocycles. The molecule has 1 aliphatic rings. The Bertz CT molecular complexity index is 550. The van der Waals surface area contributed by atoms with Crippen LogP contribution >= 0.6 is 0 Å². The lowest BCUT2D eigenvalue weighted by Gasteiger charge is -2.35. The molecule has 0 saturated carbocycles. The molecule has 7 nitrogen and oxygen atoms in total. The van der Waals surface area contributed by atoms with Crippen molar-refractivity contribution in [2.45, 2.75) is 19.6 Å². The number of rotatable bonds is 3. The third-order valence-electron chi connectivity index (χ3n) is 3.60. The molecule has 0 aromatic carbocycles.